The maximum absolute atomic E-state index is 11.3. The van der Waals surface area contributed by atoms with Crippen molar-refractivity contribution in [2.75, 3.05) is 25.7 Å². The molecule has 0 rings (SSSR count). The van der Waals surface area contributed by atoms with Crippen LogP contribution in [-0.4, -0.2) is 47.6 Å². The number of rotatable bonds is 5. The molecule has 0 aromatic carbocycles. The number of thioether (sulfide) groups is 1. The molecular formula is C8H12Cl3NO4S. The van der Waals surface area contributed by atoms with Gasteiger partial charge in [-0.1, -0.05) is 34.8 Å². The molecule has 0 aliphatic carbocycles. The second-order valence-electron chi connectivity index (χ2n) is 2.87. The lowest BCUT2D eigenvalue weighted by Crippen LogP contribution is -2.44. The highest BCUT2D eigenvalue weighted by molar-refractivity contribution is 7.98. The van der Waals surface area contributed by atoms with E-state index in [0.717, 1.165) is 0 Å². The Bertz CT molecular complexity index is 272. The van der Waals surface area contributed by atoms with Crippen molar-refractivity contribution in [3.8, 4) is 0 Å². The van der Waals surface area contributed by atoms with E-state index in [1.54, 1.807) is 6.26 Å². The van der Waals surface area contributed by atoms with Crippen molar-refractivity contribution in [1.82, 2.24) is 5.32 Å². The summed E-state index contributed by atoms with van der Waals surface area (Å²) in [6.45, 7) is -0.406. The third kappa shape index (κ3) is 8.65. The topological polar surface area (TPSA) is 64.6 Å². The molecule has 0 aromatic heterocycles. The first-order valence-corrected chi connectivity index (χ1v) is 6.89. The third-order valence-electron chi connectivity index (χ3n) is 1.48. The van der Waals surface area contributed by atoms with Crippen LogP contribution in [0.15, 0.2) is 0 Å². The number of esters is 1. The fourth-order valence-electron chi connectivity index (χ4n) is 0.809. The highest BCUT2D eigenvalue weighted by atomic mass is 35.6. The van der Waals surface area contributed by atoms with Crippen LogP contribution in [-0.2, 0) is 14.3 Å². The average molecular weight is 325 g/mol. The van der Waals surface area contributed by atoms with Gasteiger partial charge in [-0.15, -0.1) is 0 Å². The zero-order valence-electron chi connectivity index (χ0n) is 9.17. The van der Waals surface area contributed by atoms with Gasteiger partial charge < -0.3 is 14.8 Å². The molecule has 1 amide bonds. The van der Waals surface area contributed by atoms with Gasteiger partial charge in [0.15, 0.2) is 0 Å². The van der Waals surface area contributed by atoms with E-state index in [1.165, 1.54) is 18.9 Å². The predicted octanol–water partition coefficient (Wildman–Crippen LogP) is 1.99. The molecule has 0 fully saturated rings. The van der Waals surface area contributed by atoms with Crippen molar-refractivity contribution in [1.29, 1.82) is 0 Å². The van der Waals surface area contributed by atoms with Crippen LogP contribution in [0.3, 0.4) is 0 Å². The van der Waals surface area contributed by atoms with Crippen molar-refractivity contribution >= 4 is 58.6 Å². The monoisotopic (exact) mass is 323 g/mol. The summed E-state index contributed by atoms with van der Waals surface area (Å²) in [5.41, 5.74) is 0. The molecule has 0 aliphatic heterocycles. The maximum Gasteiger partial charge on any atom is 0.408 e. The SMILES string of the molecule is COC(=O)[C@@H](CSC)NC(=O)OCC(Cl)(Cl)Cl. The lowest BCUT2D eigenvalue weighted by molar-refractivity contribution is -0.142. The number of carbonyl (C=O) groups is 2. The largest absolute Gasteiger partial charge is 0.467 e. The number of alkyl carbamates (subject to hydrolysis) is 1. The Morgan fingerprint density at radius 3 is 2.41 bits per heavy atom. The Morgan fingerprint density at radius 1 is 1.41 bits per heavy atom. The quantitative estimate of drug-likeness (QED) is 0.619. The number of carbonyl (C=O) groups excluding carboxylic acids is 2. The number of alkyl halides is 3. The summed E-state index contributed by atoms with van der Waals surface area (Å²) in [5.74, 6) is -0.208. The summed E-state index contributed by atoms with van der Waals surface area (Å²) >= 11 is 17.6. The van der Waals surface area contributed by atoms with Gasteiger partial charge in [0.05, 0.1) is 7.11 Å². The van der Waals surface area contributed by atoms with Crippen molar-refractivity contribution in [3.05, 3.63) is 0 Å². The second-order valence-corrected chi connectivity index (χ2v) is 6.29. The molecular weight excluding hydrogens is 313 g/mol. The van der Waals surface area contributed by atoms with Crippen LogP contribution in [0, 0.1) is 0 Å². The van der Waals surface area contributed by atoms with Gasteiger partial charge in [-0.2, -0.15) is 11.8 Å². The number of halogens is 3. The second kappa shape index (κ2) is 8.13. The van der Waals surface area contributed by atoms with Gasteiger partial charge in [0.1, 0.15) is 12.6 Å². The summed E-state index contributed by atoms with van der Waals surface area (Å²) in [7, 11) is 1.23. The van der Waals surface area contributed by atoms with E-state index in [4.69, 9.17) is 34.8 Å². The summed E-state index contributed by atoms with van der Waals surface area (Å²) in [4.78, 5) is 22.5. The Kier molecular flexibility index (Phi) is 8.11. The summed E-state index contributed by atoms with van der Waals surface area (Å²) in [5, 5.41) is 2.31. The molecule has 0 unspecified atom stereocenters. The first-order valence-electron chi connectivity index (χ1n) is 4.37. The summed E-state index contributed by atoms with van der Waals surface area (Å²) in [6, 6.07) is -0.794. The Balaban J connectivity index is 4.17. The van der Waals surface area contributed by atoms with Crippen molar-refractivity contribution in [2.45, 2.75) is 9.83 Å². The number of hydrogen-bond acceptors (Lipinski definition) is 5. The Labute approximate surface area is 118 Å². The van der Waals surface area contributed by atoms with Crippen LogP contribution in [0.1, 0.15) is 0 Å². The Hall–Kier alpha value is -0.0400. The van der Waals surface area contributed by atoms with Gasteiger partial charge in [0.2, 0.25) is 3.79 Å². The number of methoxy groups -OCH3 is 1. The molecule has 1 atom stereocenters. The van der Waals surface area contributed by atoms with Gasteiger partial charge in [-0.05, 0) is 6.26 Å². The third-order valence-corrected chi connectivity index (χ3v) is 2.47. The van der Waals surface area contributed by atoms with E-state index in [0.29, 0.717) is 5.75 Å². The lowest BCUT2D eigenvalue weighted by atomic mass is 10.3. The number of ether oxygens (including phenoxy) is 2. The molecule has 0 saturated carbocycles. The van der Waals surface area contributed by atoms with Crippen LogP contribution >= 0.6 is 46.6 Å². The van der Waals surface area contributed by atoms with Crippen LogP contribution in [0.25, 0.3) is 0 Å². The first kappa shape index (κ1) is 17.0. The normalized spacial score (nSPS) is 12.8. The van der Waals surface area contributed by atoms with Crippen LogP contribution in [0.5, 0.6) is 0 Å². The molecule has 1 N–H and O–H groups in total. The zero-order valence-corrected chi connectivity index (χ0v) is 12.3. The molecule has 0 spiro atoms. The Morgan fingerprint density at radius 2 is 2.00 bits per heavy atom. The van der Waals surface area contributed by atoms with Gasteiger partial charge >= 0.3 is 12.1 Å². The molecule has 9 heteroatoms. The molecule has 0 aliphatic rings. The highest BCUT2D eigenvalue weighted by Gasteiger charge is 2.25. The van der Waals surface area contributed by atoms with E-state index in [9.17, 15) is 9.59 Å². The van der Waals surface area contributed by atoms with E-state index >= 15 is 0 Å². The standard InChI is InChI=1S/C8H12Cl3NO4S/c1-15-6(13)5(3-17-2)12-7(14)16-4-8(9,10)11/h5H,3-4H2,1-2H3,(H,12,14)/t5-/m1/s1. The number of amides is 1. The van der Waals surface area contributed by atoms with E-state index in [2.05, 4.69) is 14.8 Å². The van der Waals surface area contributed by atoms with Crippen LogP contribution in [0.2, 0.25) is 0 Å². The van der Waals surface area contributed by atoms with Gasteiger partial charge in [-0.25, -0.2) is 9.59 Å². The fraction of sp³-hybridized carbons (Fsp3) is 0.750. The minimum Gasteiger partial charge on any atom is -0.467 e. The van der Waals surface area contributed by atoms with E-state index < -0.39 is 28.5 Å². The molecule has 0 saturated heterocycles. The fourth-order valence-corrected chi connectivity index (χ4v) is 1.53. The molecule has 0 heterocycles. The minimum absolute atomic E-state index is 0.357. The maximum atomic E-state index is 11.3. The summed E-state index contributed by atoms with van der Waals surface area (Å²) in [6.07, 6.45) is 0.936. The smallest absolute Gasteiger partial charge is 0.408 e. The molecule has 0 aromatic rings. The van der Waals surface area contributed by atoms with E-state index in [-0.39, 0.29) is 0 Å². The molecule has 17 heavy (non-hydrogen) atoms. The van der Waals surface area contributed by atoms with Crippen molar-refractivity contribution < 1.29 is 19.1 Å². The minimum atomic E-state index is -1.68. The molecule has 100 valence electrons. The van der Waals surface area contributed by atoms with Crippen LogP contribution in [0.4, 0.5) is 4.79 Å². The van der Waals surface area contributed by atoms with Crippen LogP contribution < -0.4 is 5.32 Å². The number of nitrogens with one attached hydrogen (secondary N) is 1. The van der Waals surface area contributed by atoms with Gasteiger partial charge in [0.25, 0.3) is 0 Å². The summed E-state index contributed by atoms with van der Waals surface area (Å²) < 4.78 is 7.44. The predicted molar refractivity (Wildman–Crippen MR) is 69.0 cm³/mol. The van der Waals surface area contributed by atoms with Gasteiger partial charge in [0, 0.05) is 5.75 Å². The van der Waals surface area contributed by atoms with Crippen molar-refractivity contribution in [3.63, 3.8) is 0 Å². The first-order chi connectivity index (χ1) is 7.80. The zero-order chi connectivity index (χ0) is 13.5. The molecule has 0 bridgehead atoms. The van der Waals surface area contributed by atoms with Gasteiger partial charge in [-0.3, -0.25) is 0 Å². The lowest BCUT2D eigenvalue weighted by Gasteiger charge is -2.16. The number of hydrogen-bond donors (Lipinski definition) is 1. The highest BCUT2D eigenvalue weighted by Crippen LogP contribution is 2.25. The van der Waals surface area contributed by atoms with E-state index in [1.807, 2.05) is 0 Å². The average Bonchev–Trinajstić information content (AvgIpc) is 2.24. The van der Waals surface area contributed by atoms with Crippen molar-refractivity contribution in [2.24, 2.45) is 0 Å². The molecule has 0 radical (unpaired) electrons. The molecule has 5 nitrogen and oxygen atoms in total.